The van der Waals surface area contributed by atoms with Gasteiger partial charge in [-0.25, -0.2) is 4.79 Å². The third kappa shape index (κ3) is 4.59. The molecule has 1 rings (SSSR count). The highest BCUT2D eigenvalue weighted by Crippen LogP contribution is 2.19. The van der Waals surface area contributed by atoms with Crippen LogP contribution in [-0.4, -0.2) is 11.1 Å². The van der Waals surface area contributed by atoms with Gasteiger partial charge in [0.25, 0.3) is 0 Å². The second-order valence-electron chi connectivity index (χ2n) is 4.20. The molecule has 4 heteroatoms. The molecule has 0 atom stereocenters. The Kier molecular flexibility index (Phi) is 4.57. The Bertz CT molecular complexity index is 425. The molecule has 0 saturated carbocycles. The first-order valence-electron chi connectivity index (χ1n) is 5.53. The van der Waals surface area contributed by atoms with Gasteiger partial charge in [0.2, 0.25) is 0 Å². The minimum Gasteiger partial charge on any atom is -0.508 e. The monoisotopic (exact) mass is 234 g/mol. The van der Waals surface area contributed by atoms with Crippen molar-refractivity contribution in [1.82, 2.24) is 5.32 Å². The van der Waals surface area contributed by atoms with Gasteiger partial charge in [-0.05, 0) is 36.6 Å². The van der Waals surface area contributed by atoms with Gasteiger partial charge >= 0.3 is 6.03 Å². The highest BCUT2D eigenvalue weighted by atomic mass is 16.3. The number of benzene rings is 1. The number of carbonyl (C=O) groups is 1. The first-order chi connectivity index (χ1) is 7.99. The Morgan fingerprint density at radius 1 is 1.41 bits per heavy atom. The van der Waals surface area contributed by atoms with Crippen LogP contribution in [0.25, 0.3) is 0 Å². The standard InChI is InChI=1S/C13H18N2O2/c1-9(2)6-7-14-13(17)15-12-5-4-11(16)8-10(12)3/h4-9,16H,1-3H3,(H2,14,15,17)/b7-6+. The van der Waals surface area contributed by atoms with Crippen molar-refractivity contribution >= 4 is 11.7 Å². The molecule has 1 aromatic carbocycles. The number of rotatable bonds is 3. The lowest BCUT2D eigenvalue weighted by Crippen LogP contribution is -2.24. The van der Waals surface area contributed by atoms with Crippen molar-refractivity contribution in [3.05, 3.63) is 36.0 Å². The first kappa shape index (κ1) is 13.1. The minimum atomic E-state index is -0.296. The van der Waals surface area contributed by atoms with Crippen molar-refractivity contribution in [3.8, 4) is 5.75 Å². The van der Waals surface area contributed by atoms with Crippen LogP contribution in [0.2, 0.25) is 0 Å². The van der Waals surface area contributed by atoms with Crippen LogP contribution in [0.5, 0.6) is 5.75 Å². The molecule has 92 valence electrons. The maximum atomic E-state index is 11.5. The summed E-state index contributed by atoms with van der Waals surface area (Å²) in [7, 11) is 0. The van der Waals surface area contributed by atoms with Crippen molar-refractivity contribution in [2.75, 3.05) is 5.32 Å². The molecule has 0 radical (unpaired) electrons. The second-order valence-corrected chi connectivity index (χ2v) is 4.20. The SMILES string of the molecule is Cc1cc(O)ccc1NC(=O)N/C=C/C(C)C. The summed E-state index contributed by atoms with van der Waals surface area (Å²) in [6, 6.07) is 4.50. The van der Waals surface area contributed by atoms with E-state index < -0.39 is 0 Å². The predicted octanol–water partition coefficient (Wildman–Crippen LogP) is 2.99. The Balaban J connectivity index is 2.56. The van der Waals surface area contributed by atoms with Gasteiger partial charge in [-0.2, -0.15) is 0 Å². The Hall–Kier alpha value is -1.97. The number of hydrogen-bond donors (Lipinski definition) is 3. The zero-order chi connectivity index (χ0) is 12.8. The summed E-state index contributed by atoms with van der Waals surface area (Å²) in [4.78, 5) is 11.5. The smallest absolute Gasteiger partial charge is 0.323 e. The van der Waals surface area contributed by atoms with E-state index in [0.717, 1.165) is 5.56 Å². The molecule has 0 aliphatic carbocycles. The predicted molar refractivity (Wildman–Crippen MR) is 69.0 cm³/mol. The lowest BCUT2D eigenvalue weighted by Gasteiger charge is -2.08. The van der Waals surface area contributed by atoms with Gasteiger partial charge in [0.1, 0.15) is 5.75 Å². The first-order valence-corrected chi connectivity index (χ1v) is 5.53. The highest BCUT2D eigenvalue weighted by Gasteiger charge is 2.03. The van der Waals surface area contributed by atoms with E-state index in [0.29, 0.717) is 11.6 Å². The molecule has 2 amide bonds. The minimum absolute atomic E-state index is 0.188. The van der Waals surface area contributed by atoms with Gasteiger partial charge in [-0.15, -0.1) is 0 Å². The van der Waals surface area contributed by atoms with E-state index in [9.17, 15) is 9.90 Å². The average molecular weight is 234 g/mol. The van der Waals surface area contributed by atoms with Crippen LogP contribution in [0.4, 0.5) is 10.5 Å². The van der Waals surface area contributed by atoms with Crippen LogP contribution in [0, 0.1) is 12.8 Å². The zero-order valence-corrected chi connectivity index (χ0v) is 10.3. The number of aromatic hydroxyl groups is 1. The van der Waals surface area contributed by atoms with Crippen LogP contribution >= 0.6 is 0 Å². The maximum absolute atomic E-state index is 11.5. The number of hydrogen-bond acceptors (Lipinski definition) is 2. The normalized spacial score (nSPS) is 10.8. The molecular formula is C13H18N2O2. The van der Waals surface area contributed by atoms with E-state index in [1.54, 1.807) is 18.3 Å². The summed E-state index contributed by atoms with van der Waals surface area (Å²) in [5, 5.41) is 14.5. The van der Waals surface area contributed by atoms with Gasteiger partial charge in [0.05, 0.1) is 0 Å². The summed E-state index contributed by atoms with van der Waals surface area (Å²) in [6.07, 6.45) is 3.51. The molecule has 17 heavy (non-hydrogen) atoms. The third-order valence-corrected chi connectivity index (χ3v) is 2.15. The van der Waals surface area contributed by atoms with Crippen LogP contribution < -0.4 is 10.6 Å². The van der Waals surface area contributed by atoms with Crippen molar-refractivity contribution in [1.29, 1.82) is 0 Å². The third-order valence-electron chi connectivity index (χ3n) is 2.15. The molecule has 3 N–H and O–H groups in total. The van der Waals surface area contributed by atoms with E-state index in [1.807, 2.05) is 26.8 Å². The molecule has 4 nitrogen and oxygen atoms in total. The van der Waals surface area contributed by atoms with Gasteiger partial charge < -0.3 is 15.7 Å². The number of urea groups is 1. The molecular weight excluding hydrogens is 216 g/mol. The second kappa shape index (κ2) is 5.94. The number of nitrogens with one attached hydrogen (secondary N) is 2. The average Bonchev–Trinajstić information content (AvgIpc) is 2.21. The van der Waals surface area contributed by atoms with E-state index in [1.165, 1.54) is 6.07 Å². The Labute approximate surface area is 101 Å². The van der Waals surface area contributed by atoms with Crippen molar-refractivity contribution < 1.29 is 9.90 Å². The van der Waals surface area contributed by atoms with E-state index in [4.69, 9.17) is 0 Å². The summed E-state index contributed by atoms with van der Waals surface area (Å²) in [5.41, 5.74) is 1.49. The van der Waals surface area contributed by atoms with Crippen LogP contribution in [-0.2, 0) is 0 Å². The van der Waals surface area contributed by atoms with E-state index in [2.05, 4.69) is 10.6 Å². The largest absolute Gasteiger partial charge is 0.508 e. The summed E-state index contributed by atoms with van der Waals surface area (Å²) in [6.45, 7) is 5.87. The molecule has 0 saturated heterocycles. The number of allylic oxidation sites excluding steroid dienone is 1. The Morgan fingerprint density at radius 3 is 2.71 bits per heavy atom. The van der Waals surface area contributed by atoms with Gasteiger partial charge in [-0.1, -0.05) is 19.9 Å². The summed E-state index contributed by atoms with van der Waals surface area (Å²) in [5.74, 6) is 0.582. The molecule has 0 fully saturated rings. The lowest BCUT2D eigenvalue weighted by molar-refractivity contribution is 0.255. The number of phenols is 1. The lowest BCUT2D eigenvalue weighted by atomic mass is 10.2. The quantitative estimate of drug-likeness (QED) is 0.704. The molecule has 0 bridgehead atoms. The zero-order valence-electron chi connectivity index (χ0n) is 10.3. The van der Waals surface area contributed by atoms with E-state index >= 15 is 0 Å². The number of aryl methyl sites for hydroxylation is 1. The number of phenolic OH excluding ortho intramolecular Hbond substituents is 1. The summed E-state index contributed by atoms with van der Waals surface area (Å²) < 4.78 is 0. The number of anilines is 1. The molecule has 0 spiro atoms. The van der Waals surface area contributed by atoms with Crippen molar-refractivity contribution in [2.45, 2.75) is 20.8 Å². The van der Waals surface area contributed by atoms with Crippen LogP contribution in [0.1, 0.15) is 19.4 Å². The van der Waals surface area contributed by atoms with Crippen molar-refractivity contribution in [3.63, 3.8) is 0 Å². The van der Waals surface area contributed by atoms with E-state index in [-0.39, 0.29) is 11.8 Å². The van der Waals surface area contributed by atoms with Gasteiger partial charge in [0.15, 0.2) is 0 Å². The molecule has 1 aromatic rings. The fraction of sp³-hybridized carbons (Fsp3) is 0.308. The maximum Gasteiger partial charge on any atom is 0.323 e. The molecule has 0 heterocycles. The topological polar surface area (TPSA) is 61.4 Å². The van der Waals surface area contributed by atoms with Gasteiger partial charge in [0, 0.05) is 11.9 Å². The fourth-order valence-corrected chi connectivity index (χ4v) is 1.26. The Morgan fingerprint density at radius 2 is 2.12 bits per heavy atom. The van der Waals surface area contributed by atoms with Crippen LogP contribution in [0.3, 0.4) is 0 Å². The molecule has 0 aromatic heterocycles. The molecule has 0 aliphatic heterocycles. The van der Waals surface area contributed by atoms with Gasteiger partial charge in [-0.3, -0.25) is 0 Å². The number of amides is 2. The molecule has 0 unspecified atom stereocenters. The molecule has 0 aliphatic rings. The number of carbonyl (C=O) groups excluding carboxylic acids is 1. The van der Waals surface area contributed by atoms with Crippen LogP contribution in [0.15, 0.2) is 30.5 Å². The summed E-state index contributed by atoms with van der Waals surface area (Å²) >= 11 is 0. The fourth-order valence-electron chi connectivity index (χ4n) is 1.26. The highest BCUT2D eigenvalue weighted by molar-refractivity contribution is 5.90. The van der Waals surface area contributed by atoms with Crippen molar-refractivity contribution in [2.24, 2.45) is 5.92 Å².